The summed E-state index contributed by atoms with van der Waals surface area (Å²) in [7, 11) is 1.42. The number of pyridine rings is 1. The first-order valence-corrected chi connectivity index (χ1v) is 5.94. The SMILES string of the molecule is COc1cc(C#N)ccc1OC(=O)c1cccnc1Cl. The van der Waals surface area contributed by atoms with Gasteiger partial charge >= 0.3 is 5.97 Å². The minimum absolute atomic E-state index is 0.0603. The summed E-state index contributed by atoms with van der Waals surface area (Å²) in [4.78, 5) is 15.8. The van der Waals surface area contributed by atoms with Gasteiger partial charge in [-0.2, -0.15) is 5.26 Å². The van der Waals surface area contributed by atoms with E-state index in [0.717, 1.165) is 0 Å². The van der Waals surface area contributed by atoms with Crippen molar-refractivity contribution in [2.45, 2.75) is 0 Å². The molecule has 0 bridgehead atoms. The highest BCUT2D eigenvalue weighted by Gasteiger charge is 2.16. The second kappa shape index (κ2) is 6.04. The molecule has 1 aromatic carbocycles. The van der Waals surface area contributed by atoms with E-state index in [-0.39, 0.29) is 22.2 Å². The number of carbonyl (C=O) groups excluding carboxylic acids is 1. The molecule has 0 aliphatic rings. The molecule has 0 unspecified atom stereocenters. The predicted octanol–water partition coefficient (Wildman–Crippen LogP) is 2.83. The van der Waals surface area contributed by atoms with Crippen LogP contribution in [0.4, 0.5) is 0 Å². The number of esters is 1. The Bertz CT molecular complexity index is 695. The topological polar surface area (TPSA) is 72.2 Å². The minimum Gasteiger partial charge on any atom is -0.493 e. The zero-order valence-corrected chi connectivity index (χ0v) is 11.2. The Balaban J connectivity index is 2.29. The van der Waals surface area contributed by atoms with Gasteiger partial charge in [0.05, 0.1) is 24.3 Å². The maximum absolute atomic E-state index is 12.0. The van der Waals surface area contributed by atoms with Gasteiger partial charge in [0.15, 0.2) is 11.5 Å². The monoisotopic (exact) mass is 288 g/mol. The van der Waals surface area contributed by atoms with Crippen LogP contribution in [0.5, 0.6) is 11.5 Å². The molecule has 0 saturated heterocycles. The van der Waals surface area contributed by atoms with Gasteiger partial charge < -0.3 is 9.47 Å². The Morgan fingerprint density at radius 1 is 1.35 bits per heavy atom. The lowest BCUT2D eigenvalue weighted by atomic mass is 10.2. The van der Waals surface area contributed by atoms with Crippen LogP contribution in [0.2, 0.25) is 5.15 Å². The van der Waals surface area contributed by atoms with Crippen molar-refractivity contribution in [1.29, 1.82) is 5.26 Å². The van der Waals surface area contributed by atoms with Crippen molar-refractivity contribution in [2.24, 2.45) is 0 Å². The molecule has 2 aromatic rings. The average Bonchev–Trinajstić information content (AvgIpc) is 2.48. The fourth-order valence-electron chi connectivity index (χ4n) is 1.51. The van der Waals surface area contributed by atoms with Gasteiger partial charge in [0, 0.05) is 12.3 Å². The van der Waals surface area contributed by atoms with Gasteiger partial charge in [0.2, 0.25) is 0 Å². The zero-order valence-electron chi connectivity index (χ0n) is 10.5. The van der Waals surface area contributed by atoms with Gasteiger partial charge in [-0.1, -0.05) is 11.6 Å². The van der Waals surface area contributed by atoms with Gasteiger partial charge in [-0.15, -0.1) is 0 Å². The second-order valence-electron chi connectivity index (χ2n) is 3.71. The van der Waals surface area contributed by atoms with Crippen LogP contribution in [0, 0.1) is 11.3 Å². The summed E-state index contributed by atoms with van der Waals surface area (Å²) in [5.74, 6) is -0.153. The maximum Gasteiger partial charge on any atom is 0.346 e. The fourth-order valence-corrected chi connectivity index (χ4v) is 1.71. The third kappa shape index (κ3) is 2.87. The molecular weight excluding hydrogens is 280 g/mol. The summed E-state index contributed by atoms with van der Waals surface area (Å²) in [6.07, 6.45) is 1.47. The summed E-state index contributed by atoms with van der Waals surface area (Å²) < 4.78 is 10.3. The lowest BCUT2D eigenvalue weighted by Gasteiger charge is -2.09. The Hall–Kier alpha value is -2.58. The lowest BCUT2D eigenvalue weighted by Crippen LogP contribution is -2.10. The first-order chi connectivity index (χ1) is 9.65. The first kappa shape index (κ1) is 13.8. The smallest absolute Gasteiger partial charge is 0.346 e. The number of halogens is 1. The molecule has 0 radical (unpaired) electrons. The summed E-state index contributed by atoms with van der Waals surface area (Å²) in [6.45, 7) is 0. The molecular formula is C14H9ClN2O3. The Morgan fingerprint density at radius 3 is 2.80 bits per heavy atom. The molecule has 0 saturated carbocycles. The summed E-state index contributed by atoms with van der Waals surface area (Å²) in [5, 5.41) is 8.87. The van der Waals surface area contributed by atoms with Gasteiger partial charge in [-0.3, -0.25) is 0 Å². The van der Waals surface area contributed by atoms with Crippen molar-refractivity contribution in [3.8, 4) is 17.6 Å². The van der Waals surface area contributed by atoms with E-state index in [1.165, 1.54) is 37.6 Å². The van der Waals surface area contributed by atoms with Crippen molar-refractivity contribution in [3.05, 3.63) is 52.8 Å². The highest BCUT2D eigenvalue weighted by Crippen LogP contribution is 2.29. The fraction of sp³-hybridized carbons (Fsp3) is 0.0714. The van der Waals surface area contributed by atoms with Crippen LogP contribution in [-0.4, -0.2) is 18.1 Å². The molecule has 2 rings (SSSR count). The highest BCUT2D eigenvalue weighted by molar-refractivity contribution is 6.32. The molecule has 0 spiro atoms. The number of ether oxygens (including phenoxy) is 2. The van der Waals surface area contributed by atoms with Crippen molar-refractivity contribution in [1.82, 2.24) is 4.98 Å². The molecule has 1 heterocycles. The van der Waals surface area contributed by atoms with E-state index in [2.05, 4.69) is 4.98 Å². The van der Waals surface area contributed by atoms with E-state index in [0.29, 0.717) is 5.56 Å². The molecule has 100 valence electrons. The second-order valence-corrected chi connectivity index (χ2v) is 4.07. The summed E-state index contributed by atoms with van der Waals surface area (Å²) in [6, 6.07) is 9.55. The molecule has 0 N–H and O–H groups in total. The normalized spacial score (nSPS) is 9.65. The number of nitrogens with zero attached hydrogens (tertiary/aromatic N) is 2. The third-order valence-corrected chi connectivity index (χ3v) is 2.78. The van der Waals surface area contributed by atoms with E-state index in [9.17, 15) is 4.79 Å². The molecule has 1 aromatic heterocycles. The molecule has 0 amide bonds. The predicted molar refractivity (Wildman–Crippen MR) is 71.9 cm³/mol. The Morgan fingerprint density at radius 2 is 2.15 bits per heavy atom. The van der Waals surface area contributed by atoms with Crippen LogP contribution in [0.25, 0.3) is 0 Å². The Kier molecular flexibility index (Phi) is 4.18. The van der Waals surface area contributed by atoms with Gasteiger partial charge in [-0.05, 0) is 24.3 Å². The third-order valence-electron chi connectivity index (χ3n) is 2.47. The van der Waals surface area contributed by atoms with Crippen molar-refractivity contribution < 1.29 is 14.3 Å². The molecule has 6 heteroatoms. The number of rotatable bonds is 3. The van der Waals surface area contributed by atoms with Gasteiger partial charge in [-0.25, -0.2) is 9.78 Å². The van der Waals surface area contributed by atoms with Crippen LogP contribution in [0.3, 0.4) is 0 Å². The van der Waals surface area contributed by atoms with Crippen molar-refractivity contribution in [2.75, 3.05) is 7.11 Å². The Labute approximate surface area is 120 Å². The first-order valence-electron chi connectivity index (χ1n) is 5.56. The van der Waals surface area contributed by atoms with E-state index in [1.54, 1.807) is 6.07 Å². The number of hydrogen-bond donors (Lipinski definition) is 0. The van der Waals surface area contributed by atoms with E-state index < -0.39 is 5.97 Å². The minimum atomic E-state index is -0.647. The van der Waals surface area contributed by atoms with Gasteiger partial charge in [0.1, 0.15) is 5.15 Å². The molecule has 0 aliphatic heterocycles. The number of carbonyl (C=O) groups is 1. The largest absolute Gasteiger partial charge is 0.493 e. The van der Waals surface area contributed by atoms with Crippen LogP contribution in [0.15, 0.2) is 36.5 Å². The summed E-state index contributed by atoms with van der Waals surface area (Å²) in [5.41, 5.74) is 0.557. The van der Waals surface area contributed by atoms with Crippen LogP contribution in [0.1, 0.15) is 15.9 Å². The molecule has 0 fully saturated rings. The van der Waals surface area contributed by atoms with Crippen molar-refractivity contribution >= 4 is 17.6 Å². The standard InChI is InChI=1S/C14H9ClN2O3/c1-19-12-7-9(8-16)4-5-11(12)20-14(18)10-3-2-6-17-13(10)15/h2-7H,1H3. The summed E-state index contributed by atoms with van der Waals surface area (Å²) >= 11 is 5.82. The number of nitriles is 1. The maximum atomic E-state index is 12.0. The average molecular weight is 289 g/mol. The molecule has 5 nitrogen and oxygen atoms in total. The van der Waals surface area contributed by atoms with Crippen LogP contribution < -0.4 is 9.47 Å². The van der Waals surface area contributed by atoms with E-state index >= 15 is 0 Å². The number of methoxy groups -OCH3 is 1. The van der Waals surface area contributed by atoms with Crippen LogP contribution >= 0.6 is 11.6 Å². The lowest BCUT2D eigenvalue weighted by molar-refractivity contribution is 0.0729. The van der Waals surface area contributed by atoms with E-state index in [4.69, 9.17) is 26.3 Å². The number of hydrogen-bond acceptors (Lipinski definition) is 5. The molecule has 0 atom stereocenters. The van der Waals surface area contributed by atoms with E-state index in [1.807, 2.05) is 6.07 Å². The number of benzene rings is 1. The highest BCUT2D eigenvalue weighted by atomic mass is 35.5. The van der Waals surface area contributed by atoms with Gasteiger partial charge in [0.25, 0.3) is 0 Å². The zero-order chi connectivity index (χ0) is 14.5. The quantitative estimate of drug-likeness (QED) is 0.493. The van der Waals surface area contributed by atoms with Crippen LogP contribution in [-0.2, 0) is 0 Å². The molecule has 20 heavy (non-hydrogen) atoms. The number of aromatic nitrogens is 1. The van der Waals surface area contributed by atoms with Crippen molar-refractivity contribution in [3.63, 3.8) is 0 Å². The molecule has 0 aliphatic carbocycles.